The zero-order valence-corrected chi connectivity index (χ0v) is 16.2. The van der Waals surface area contributed by atoms with Gasteiger partial charge in [-0.2, -0.15) is 0 Å². The molecule has 0 amide bonds. The summed E-state index contributed by atoms with van der Waals surface area (Å²) < 4.78 is 0. The number of fused-ring (bicyclic) bond motifs is 2. The first-order valence-electron chi connectivity index (χ1n) is 9.10. The predicted molar refractivity (Wildman–Crippen MR) is 107 cm³/mol. The topological polar surface area (TPSA) is 27.3 Å². The summed E-state index contributed by atoms with van der Waals surface area (Å²) in [6.07, 6.45) is 6.40. The fraction of sp³-hybridized carbons (Fsp3) is 0.632. The lowest BCUT2D eigenvalue weighted by molar-refractivity contribution is 0.0191. The van der Waals surface area contributed by atoms with Crippen LogP contribution in [0.25, 0.3) is 0 Å². The second-order valence-electron chi connectivity index (χ2n) is 7.58. The molecule has 0 aromatic heterocycles. The van der Waals surface area contributed by atoms with Crippen molar-refractivity contribution in [3.63, 3.8) is 0 Å². The highest BCUT2D eigenvalue weighted by Gasteiger charge is 2.38. The van der Waals surface area contributed by atoms with Crippen LogP contribution in [0.15, 0.2) is 24.3 Å². The van der Waals surface area contributed by atoms with Crippen molar-refractivity contribution in [3.8, 4) is 0 Å². The minimum Gasteiger partial charge on any atom is -0.360 e. The third kappa shape index (κ3) is 4.41. The Labute approximate surface area is 156 Å². The summed E-state index contributed by atoms with van der Waals surface area (Å²) in [4.78, 5) is 2.76. The van der Waals surface area contributed by atoms with Gasteiger partial charge in [-0.3, -0.25) is 4.90 Å². The van der Waals surface area contributed by atoms with Crippen molar-refractivity contribution in [2.24, 2.45) is 5.92 Å². The zero-order chi connectivity index (χ0) is 17.1. The average molecular weight is 366 g/mol. The fourth-order valence-corrected chi connectivity index (χ4v) is 4.68. The van der Waals surface area contributed by atoms with Crippen molar-refractivity contribution in [1.82, 2.24) is 10.2 Å². The van der Waals surface area contributed by atoms with Crippen molar-refractivity contribution in [2.45, 2.75) is 64.1 Å². The van der Waals surface area contributed by atoms with Crippen LogP contribution in [0.2, 0.25) is 5.02 Å². The maximum Gasteiger partial charge on any atom is 0.171 e. The van der Waals surface area contributed by atoms with Gasteiger partial charge in [0.25, 0.3) is 0 Å². The van der Waals surface area contributed by atoms with Gasteiger partial charge in [-0.05, 0) is 56.0 Å². The number of thiocarbonyl (C=S) groups is 1. The highest BCUT2D eigenvalue weighted by atomic mass is 35.5. The van der Waals surface area contributed by atoms with E-state index in [0.29, 0.717) is 28.3 Å². The molecule has 2 heterocycles. The van der Waals surface area contributed by atoms with Gasteiger partial charge in [0.1, 0.15) is 0 Å². The van der Waals surface area contributed by atoms with Crippen LogP contribution in [0.4, 0.5) is 5.69 Å². The number of halogens is 1. The number of nitrogens with zero attached hydrogens (tertiary/aromatic N) is 1. The van der Waals surface area contributed by atoms with E-state index in [1.165, 1.54) is 38.6 Å². The Balaban J connectivity index is 1.57. The van der Waals surface area contributed by atoms with E-state index in [2.05, 4.69) is 29.4 Å². The van der Waals surface area contributed by atoms with E-state index in [4.69, 9.17) is 23.8 Å². The molecule has 132 valence electrons. The van der Waals surface area contributed by atoms with Gasteiger partial charge in [0.2, 0.25) is 0 Å². The summed E-state index contributed by atoms with van der Waals surface area (Å²) in [5, 5.41) is 8.16. The molecular formula is C19H28ClN3S. The highest BCUT2D eigenvalue weighted by molar-refractivity contribution is 7.80. The molecule has 3 rings (SSSR count). The van der Waals surface area contributed by atoms with E-state index in [-0.39, 0.29) is 0 Å². The standard InChI is InChI=1S/C19H28ClN3S/c1-13(2)12-23-15-6-5-7-16(23)11-14(10-15)21-19(24)22-18-9-4-3-8-17(18)20/h3-4,8-9,13-16H,5-7,10-12H2,1-2H3,(H2,21,22,24)/t14?,15-,16+. The third-order valence-corrected chi connectivity index (χ3v) is 5.71. The lowest BCUT2D eigenvalue weighted by Gasteiger charge is -2.49. The summed E-state index contributed by atoms with van der Waals surface area (Å²) >= 11 is 11.7. The predicted octanol–water partition coefficient (Wildman–Crippen LogP) is 4.67. The molecule has 0 saturated carbocycles. The van der Waals surface area contributed by atoms with E-state index < -0.39 is 0 Å². The minimum absolute atomic E-state index is 0.464. The van der Waals surface area contributed by atoms with Crippen LogP contribution < -0.4 is 10.6 Å². The van der Waals surface area contributed by atoms with Crippen LogP contribution in [0.1, 0.15) is 46.0 Å². The SMILES string of the molecule is CC(C)CN1[C@@H]2CCC[C@H]1CC(NC(=S)Nc1ccccc1Cl)C2. The van der Waals surface area contributed by atoms with Crippen molar-refractivity contribution >= 4 is 34.6 Å². The molecule has 0 aliphatic carbocycles. The van der Waals surface area contributed by atoms with Crippen LogP contribution in [0.5, 0.6) is 0 Å². The first-order valence-corrected chi connectivity index (χ1v) is 9.89. The van der Waals surface area contributed by atoms with Crippen molar-refractivity contribution < 1.29 is 0 Å². The minimum atomic E-state index is 0.464. The summed E-state index contributed by atoms with van der Waals surface area (Å²) in [7, 11) is 0. The van der Waals surface area contributed by atoms with Gasteiger partial charge in [-0.25, -0.2) is 0 Å². The maximum atomic E-state index is 6.20. The first kappa shape index (κ1) is 18.0. The monoisotopic (exact) mass is 365 g/mol. The van der Waals surface area contributed by atoms with Crippen LogP contribution in [0.3, 0.4) is 0 Å². The van der Waals surface area contributed by atoms with E-state index in [9.17, 15) is 0 Å². The molecule has 0 spiro atoms. The number of para-hydroxylation sites is 1. The normalized spacial score (nSPS) is 27.1. The van der Waals surface area contributed by atoms with Gasteiger partial charge in [-0.15, -0.1) is 0 Å². The first-order chi connectivity index (χ1) is 11.5. The molecule has 2 bridgehead atoms. The summed E-state index contributed by atoms with van der Waals surface area (Å²) in [5.74, 6) is 0.737. The van der Waals surface area contributed by atoms with Crippen molar-refractivity contribution in [3.05, 3.63) is 29.3 Å². The molecule has 1 aromatic carbocycles. The molecule has 2 N–H and O–H groups in total. The molecule has 2 aliphatic rings. The highest BCUT2D eigenvalue weighted by Crippen LogP contribution is 2.34. The van der Waals surface area contributed by atoms with Gasteiger partial charge in [0.15, 0.2) is 5.11 Å². The van der Waals surface area contributed by atoms with Gasteiger partial charge >= 0.3 is 0 Å². The molecule has 24 heavy (non-hydrogen) atoms. The molecule has 2 aliphatic heterocycles. The summed E-state index contributed by atoms with van der Waals surface area (Å²) in [6, 6.07) is 9.60. The lowest BCUT2D eigenvalue weighted by atomic mass is 9.81. The van der Waals surface area contributed by atoms with E-state index in [1.54, 1.807) is 0 Å². The second-order valence-corrected chi connectivity index (χ2v) is 8.39. The fourth-order valence-electron chi connectivity index (χ4n) is 4.22. The van der Waals surface area contributed by atoms with Gasteiger partial charge in [0.05, 0.1) is 10.7 Å². The smallest absolute Gasteiger partial charge is 0.171 e. The molecule has 1 unspecified atom stereocenters. The van der Waals surface area contributed by atoms with E-state index >= 15 is 0 Å². The van der Waals surface area contributed by atoms with Crippen molar-refractivity contribution in [2.75, 3.05) is 11.9 Å². The summed E-state index contributed by atoms with van der Waals surface area (Å²) in [6.45, 7) is 5.87. The van der Waals surface area contributed by atoms with Crippen LogP contribution in [-0.2, 0) is 0 Å². The molecule has 3 atom stereocenters. The number of hydrogen-bond acceptors (Lipinski definition) is 2. The van der Waals surface area contributed by atoms with Crippen molar-refractivity contribution in [1.29, 1.82) is 0 Å². The Morgan fingerprint density at radius 3 is 2.54 bits per heavy atom. The Hall–Kier alpha value is -0.840. The van der Waals surface area contributed by atoms with E-state index in [1.807, 2.05) is 24.3 Å². The van der Waals surface area contributed by atoms with Crippen LogP contribution in [-0.4, -0.2) is 34.7 Å². The van der Waals surface area contributed by atoms with E-state index in [0.717, 1.165) is 11.6 Å². The lowest BCUT2D eigenvalue weighted by Crippen LogP contribution is -2.58. The Morgan fingerprint density at radius 1 is 1.25 bits per heavy atom. The number of anilines is 1. The van der Waals surface area contributed by atoms with Crippen LogP contribution >= 0.6 is 23.8 Å². The van der Waals surface area contributed by atoms with Gasteiger partial charge < -0.3 is 10.6 Å². The molecule has 5 heteroatoms. The molecular weight excluding hydrogens is 338 g/mol. The molecule has 2 saturated heterocycles. The Morgan fingerprint density at radius 2 is 1.92 bits per heavy atom. The number of nitrogens with one attached hydrogen (secondary N) is 2. The second kappa shape index (κ2) is 8.03. The number of hydrogen-bond donors (Lipinski definition) is 2. The zero-order valence-electron chi connectivity index (χ0n) is 14.6. The largest absolute Gasteiger partial charge is 0.360 e. The molecule has 3 nitrogen and oxygen atoms in total. The van der Waals surface area contributed by atoms with Gasteiger partial charge in [0, 0.05) is 24.7 Å². The average Bonchev–Trinajstić information content (AvgIpc) is 2.50. The number of benzene rings is 1. The Bertz CT molecular complexity index is 563. The summed E-state index contributed by atoms with van der Waals surface area (Å²) in [5.41, 5.74) is 0.870. The third-order valence-electron chi connectivity index (χ3n) is 5.16. The molecule has 2 fully saturated rings. The number of rotatable bonds is 4. The molecule has 0 radical (unpaired) electrons. The number of piperidine rings is 2. The van der Waals surface area contributed by atoms with Gasteiger partial charge in [-0.1, -0.05) is 44.0 Å². The maximum absolute atomic E-state index is 6.20. The Kier molecular flexibility index (Phi) is 6.01. The quantitative estimate of drug-likeness (QED) is 0.758. The molecule has 1 aromatic rings. The van der Waals surface area contributed by atoms with Crippen LogP contribution in [0, 0.1) is 5.92 Å².